The fourth-order valence-electron chi connectivity index (χ4n) is 11.9. The molecule has 0 N–H and O–H groups in total. The van der Waals surface area contributed by atoms with E-state index in [1.807, 2.05) is 66.7 Å². The van der Waals surface area contributed by atoms with Gasteiger partial charge in [0, 0.05) is 23.0 Å². The molecule has 4 heterocycles. The van der Waals surface area contributed by atoms with Crippen LogP contribution < -0.4 is 9.30 Å². The molecular formula is C84H70N4O. The van der Waals surface area contributed by atoms with E-state index in [0.717, 1.165) is 38.5 Å². The number of rotatable bonds is 8. The Kier molecular flexibility index (Phi) is 8.75. The van der Waals surface area contributed by atoms with Gasteiger partial charge >= 0.3 is 0 Å². The molecule has 0 unspecified atom stereocenters. The van der Waals surface area contributed by atoms with Gasteiger partial charge in [-0.2, -0.15) is 0 Å². The first-order valence-electron chi connectivity index (χ1n) is 39.9. The van der Waals surface area contributed by atoms with Crippen LogP contribution in [0.25, 0.3) is 128 Å². The summed E-state index contributed by atoms with van der Waals surface area (Å²) in [5.41, 5.74) is 0.689. The van der Waals surface area contributed by atoms with Crippen molar-refractivity contribution in [2.45, 2.75) is 78.6 Å². The summed E-state index contributed by atoms with van der Waals surface area (Å²) in [7, 11) is 0. The van der Waals surface area contributed by atoms with Crippen LogP contribution in [-0.4, -0.2) is 14.1 Å². The van der Waals surface area contributed by atoms with E-state index in [-0.39, 0.29) is 66.8 Å². The van der Waals surface area contributed by atoms with Crippen molar-refractivity contribution in [2.75, 3.05) is 0 Å². The predicted octanol–water partition coefficient (Wildman–Crippen LogP) is 21.9. The second kappa shape index (κ2) is 21.2. The van der Waals surface area contributed by atoms with Crippen molar-refractivity contribution in [1.29, 1.82) is 0 Å². The first kappa shape index (κ1) is 36.7. The van der Waals surface area contributed by atoms with Gasteiger partial charge in [-0.15, -0.1) is 0 Å². The van der Waals surface area contributed by atoms with Gasteiger partial charge in [0.25, 0.3) is 6.33 Å². The maximum atomic E-state index is 10.5. The summed E-state index contributed by atoms with van der Waals surface area (Å²) in [5, 5.41) is 1.90. The fourth-order valence-corrected chi connectivity index (χ4v) is 11.9. The van der Waals surface area contributed by atoms with E-state index in [1.165, 1.54) is 12.1 Å². The molecule has 0 saturated heterocycles. The van der Waals surface area contributed by atoms with Gasteiger partial charge in [-0.25, -0.2) is 4.98 Å². The zero-order valence-corrected chi connectivity index (χ0v) is 50.4. The van der Waals surface area contributed by atoms with E-state index >= 15 is 0 Å². The quantitative estimate of drug-likeness (QED) is 0.112. The van der Waals surface area contributed by atoms with Crippen LogP contribution in [0.5, 0.6) is 11.5 Å². The van der Waals surface area contributed by atoms with Crippen LogP contribution in [0.2, 0.25) is 0 Å². The highest BCUT2D eigenvalue weighted by molar-refractivity contribution is 6.10. The molecule has 1 aliphatic heterocycles. The van der Waals surface area contributed by atoms with Crippen LogP contribution >= 0.6 is 0 Å². The second-order valence-corrected chi connectivity index (χ2v) is 25.4. The lowest BCUT2D eigenvalue weighted by atomic mass is 9.78. The van der Waals surface area contributed by atoms with Gasteiger partial charge in [-0.1, -0.05) is 238 Å². The minimum Gasteiger partial charge on any atom is -0.458 e. The third kappa shape index (κ3) is 9.92. The molecule has 5 nitrogen and oxygen atoms in total. The SMILES string of the molecule is [2H]c1c([2H])c([2H])c(-c2c([2H])c(-c3cc4c5c(c3)n(-c3cccc(Oc6ccc7c8ccccc8n(-c8cc(C(C)(C)C)ccn8)c7c6)c3)[c-][n+]5-c3c(-c5cc(C(C)(C)C)cc(C(C)(C)C)c5)cccc3-c3c([2H])c([2H])c([2H])c([2H])c3-c3c([2H])c([2H])c([2H])c([2H])c3-4)c([2H])c(-c3c([2H])c([2H])c([2H])c([2H])c3[2H])c2[2H])c([2H])c1[2H]. The van der Waals surface area contributed by atoms with E-state index in [0.29, 0.717) is 28.4 Å². The molecule has 0 amide bonds. The number of hydrogen-bond donors (Lipinski definition) is 0. The number of pyridine rings is 1. The number of fused-ring (bicyclic) bond motifs is 10. The monoisotopic (exact) mass is 1170 g/mol. The summed E-state index contributed by atoms with van der Waals surface area (Å²) in [6, 6.07) is 22.4. The molecule has 0 atom stereocenters. The molecule has 0 spiro atoms. The molecule has 0 saturated carbocycles. The number of para-hydroxylation sites is 2. The highest BCUT2D eigenvalue weighted by Crippen LogP contribution is 2.48. The van der Waals surface area contributed by atoms with Crippen LogP contribution in [0.15, 0.2) is 260 Å². The van der Waals surface area contributed by atoms with E-state index < -0.39 is 166 Å². The number of benzene rings is 11. The number of ether oxygens (including phenoxy) is 1. The van der Waals surface area contributed by atoms with E-state index in [9.17, 15) is 20.6 Å². The van der Waals surface area contributed by atoms with Crippen LogP contribution in [0, 0.1) is 6.33 Å². The minimum absolute atomic E-state index is 0.0801. The summed E-state index contributed by atoms with van der Waals surface area (Å²) >= 11 is 0. The Morgan fingerprint density at radius 1 is 0.404 bits per heavy atom. The van der Waals surface area contributed by atoms with Crippen LogP contribution in [-0.2, 0) is 16.2 Å². The third-order valence-corrected chi connectivity index (χ3v) is 16.5. The summed E-state index contributed by atoms with van der Waals surface area (Å²) in [5.74, 6) is 1.39. The molecule has 11 aromatic carbocycles. The van der Waals surface area contributed by atoms with Crippen LogP contribution in [0.3, 0.4) is 0 Å². The van der Waals surface area contributed by atoms with Gasteiger partial charge in [-0.3, -0.25) is 13.7 Å². The summed E-state index contributed by atoms with van der Waals surface area (Å²) < 4.78 is 212. The summed E-state index contributed by atoms with van der Waals surface area (Å²) in [6.45, 7) is 18.9. The van der Waals surface area contributed by atoms with Crippen molar-refractivity contribution in [3.8, 4) is 107 Å². The largest absolute Gasteiger partial charge is 0.458 e. The molecule has 0 fully saturated rings. The normalized spacial score (nSPS) is 15.6. The first-order chi connectivity index (χ1) is 51.7. The molecule has 14 aromatic rings. The molecule has 0 bridgehead atoms. The summed E-state index contributed by atoms with van der Waals surface area (Å²) in [4.78, 5) is 4.89. The van der Waals surface area contributed by atoms with Crippen molar-refractivity contribution in [3.63, 3.8) is 0 Å². The highest BCUT2D eigenvalue weighted by atomic mass is 16.5. The number of imidazole rings is 1. The van der Waals surface area contributed by atoms with Gasteiger partial charge < -0.3 is 4.74 Å². The summed E-state index contributed by atoms with van der Waals surface area (Å²) in [6.07, 6.45) is 5.45. The fraction of sp³-hybridized carbons (Fsp3) is 0.143. The van der Waals surface area contributed by atoms with Gasteiger partial charge in [-0.05, 0) is 184 Å². The van der Waals surface area contributed by atoms with Crippen molar-refractivity contribution in [3.05, 3.63) is 283 Å². The highest BCUT2D eigenvalue weighted by Gasteiger charge is 2.30. The zero-order chi connectivity index (χ0) is 79.2. The van der Waals surface area contributed by atoms with Gasteiger partial charge in [0.05, 0.1) is 62.2 Å². The lowest BCUT2D eigenvalue weighted by Gasteiger charge is -2.27. The Morgan fingerprint density at radius 2 is 0.955 bits per heavy atom. The number of hydrogen-bond acceptors (Lipinski definition) is 2. The Morgan fingerprint density at radius 3 is 1.60 bits per heavy atom. The van der Waals surface area contributed by atoms with E-state index in [2.05, 4.69) is 85.3 Å². The smallest absolute Gasteiger partial charge is 0.269 e. The maximum absolute atomic E-state index is 10.5. The standard InChI is InChI=1S/C84H70N4O/c1-82(2,3)61-40-41-85-79(50-61)88-76-37-21-20-34-72(76)73-39-38-66(52-77(73)88)89-65-29-22-28-64(51-65)86-53-87-80-67(60-45-62(83(4,5)6)49-63(46-60)84(7,8)9)35-23-36-74(80)70-32-18-16-30-68(70)69-31-17-19-33-71(69)75-47-59(48-78(86)81(75)87)58-43-56(54-24-12-10-13-25-54)42-57(44-58)55-26-14-11-15-27-55/h10-52H,1-9H3/i10D,11D,12D,13D,14D,15D,16D,17D,18D,19D,24D,25D,26D,27D,30D,31D,32D,33D,42D,43D,44D. The molecule has 0 radical (unpaired) electrons. The molecular weight excluding hydrogens is 1080 g/mol. The third-order valence-electron chi connectivity index (χ3n) is 16.5. The van der Waals surface area contributed by atoms with Crippen molar-refractivity contribution in [1.82, 2.24) is 14.1 Å². The van der Waals surface area contributed by atoms with Crippen molar-refractivity contribution in [2.24, 2.45) is 0 Å². The minimum atomic E-state index is -0.911. The molecule has 3 aromatic heterocycles. The molecule has 15 rings (SSSR count). The van der Waals surface area contributed by atoms with Gasteiger partial charge in [0.15, 0.2) is 0 Å². The Bertz CT molecular complexity index is 6230. The molecule has 0 aliphatic carbocycles. The maximum Gasteiger partial charge on any atom is 0.269 e. The molecule has 1 aliphatic rings. The van der Waals surface area contributed by atoms with Crippen molar-refractivity contribution >= 4 is 32.8 Å². The predicted molar refractivity (Wildman–Crippen MR) is 370 cm³/mol. The van der Waals surface area contributed by atoms with E-state index in [4.69, 9.17) is 17.9 Å². The van der Waals surface area contributed by atoms with E-state index in [1.54, 1.807) is 51.7 Å². The first-order valence-corrected chi connectivity index (χ1v) is 29.4. The zero-order valence-electron chi connectivity index (χ0n) is 71.4. The topological polar surface area (TPSA) is 35.9 Å². The molecule has 89 heavy (non-hydrogen) atoms. The number of nitrogens with zero attached hydrogens (tertiary/aromatic N) is 4. The van der Waals surface area contributed by atoms with Crippen LogP contribution in [0.1, 0.15) is 108 Å². The molecule has 432 valence electrons. The van der Waals surface area contributed by atoms with Gasteiger partial charge in [0.2, 0.25) is 0 Å². The second-order valence-electron chi connectivity index (χ2n) is 25.4. The van der Waals surface area contributed by atoms with Crippen LogP contribution in [0.4, 0.5) is 0 Å². The Labute approximate surface area is 552 Å². The lowest BCUT2D eigenvalue weighted by Crippen LogP contribution is -2.32. The number of aromatic nitrogens is 4. The molecule has 5 heteroatoms. The van der Waals surface area contributed by atoms with Crippen molar-refractivity contribution < 1.29 is 38.1 Å². The Hall–Kier alpha value is -10.4. The van der Waals surface area contributed by atoms with Gasteiger partial charge in [0.1, 0.15) is 17.3 Å². The average molecular weight is 1170 g/mol. The average Bonchev–Trinajstić information content (AvgIpc) is 1.38. The lowest BCUT2D eigenvalue weighted by molar-refractivity contribution is -0.570. The Balaban J connectivity index is 1.13.